The van der Waals surface area contributed by atoms with Crippen molar-refractivity contribution in [1.29, 1.82) is 0 Å². The van der Waals surface area contributed by atoms with Gasteiger partial charge < -0.3 is 10.8 Å². The fraction of sp³-hybridized carbons (Fsp3) is 0.100. The Morgan fingerprint density at radius 3 is 2.86 bits per heavy atom. The van der Waals surface area contributed by atoms with E-state index in [1.54, 1.807) is 6.07 Å². The van der Waals surface area contributed by atoms with Crippen LogP contribution in [0, 0.1) is 6.92 Å². The van der Waals surface area contributed by atoms with Crippen molar-refractivity contribution in [2.45, 2.75) is 6.92 Å². The molecular weight excluding hydrogens is 198 g/mol. The lowest BCUT2D eigenvalue weighted by Crippen LogP contribution is -1.98. The molecule has 3 nitrogen and oxygen atoms in total. The van der Waals surface area contributed by atoms with E-state index in [9.17, 15) is 4.79 Å². The average Bonchev–Trinajstić information content (AvgIpc) is 2.39. The van der Waals surface area contributed by atoms with Crippen molar-refractivity contribution in [2.75, 3.05) is 5.73 Å². The Morgan fingerprint density at radius 2 is 2.21 bits per heavy atom. The Labute approximate surface area is 84.8 Å². The number of hydrogen-bond donors (Lipinski definition) is 2. The molecule has 0 aliphatic carbocycles. The molecule has 0 aliphatic heterocycles. The topological polar surface area (TPSA) is 63.3 Å². The van der Waals surface area contributed by atoms with E-state index < -0.39 is 5.97 Å². The summed E-state index contributed by atoms with van der Waals surface area (Å²) in [6, 6.07) is 5.64. The van der Waals surface area contributed by atoms with Crippen LogP contribution in [0.15, 0.2) is 18.2 Å². The number of fused-ring (bicyclic) bond motifs is 1. The van der Waals surface area contributed by atoms with Gasteiger partial charge in [0.05, 0.1) is 0 Å². The van der Waals surface area contributed by atoms with Gasteiger partial charge in [0.1, 0.15) is 10.6 Å². The molecule has 4 heteroatoms. The van der Waals surface area contributed by atoms with Crippen LogP contribution in [-0.4, -0.2) is 11.1 Å². The summed E-state index contributed by atoms with van der Waals surface area (Å²) in [4.78, 5) is 10.9. The van der Waals surface area contributed by atoms with Crippen LogP contribution >= 0.6 is 11.3 Å². The monoisotopic (exact) mass is 207 g/mol. The van der Waals surface area contributed by atoms with Crippen LogP contribution in [0.5, 0.6) is 0 Å². The number of anilines is 1. The second kappa shape index (κ2) is 2.99. The van der Waals surface area contributed by atoms with E-state index in [1.807, 2.05) is 19.1 Å². The van der Waals surface area contributed by atoms with Gasteiger partial charge in [-0.1, -0.05) is 12.1 Å². The predicted molar refractivity (Wildman–Crippen MR) is 57.9 cm³/mol. The highest BCUT2D eigenvalue weighted by Gasteiger charge is 2.15. The highest BCUT2D eigenvalue weighted by Crippen LogP contribution is 2.33. The molecule has 3 N–H and O–H groups in total. The van der Waals surface area contributed by atoms with E-state index in [-0.39, 0.29) is 5.56 Å². The molecule has 0 amide bonds. The Bertz CT molecular complexity index is 516. The quantitative estimate of drug-likeness (QED) is 0.755. The van der Waals surface area contributed by atoms with Gasteiger partial charge in [0.25, 0.3) is 0 Å². The first-order valence-electron chi connectivity index (χ1n) is 4.11. The van der Waals surface area contributed by atoms with Crippen LogP contribution in [0.3, 0.4) is 0 Å². The minimum absolute atomic E-state index is 0.227. The zero-order valence-electron chi connectivity index (χ0n) is 7.57. The number of nitrogen functional groups attached to an aromatic ring is 1. The second-order valence-electron chi connectivity index (χ2n) is 3.15. The summed E-state index contributed by atoms with van der Waals surface area (Å²) >= 11 is 1.32. The maximum atomic E-state index is 10.9. The molecule has 0 fully saturated rings. The minimum Gasteiger partial charge on any atom is -0.478 e. The van der Waals surface area contributed by atoms with E-state index in [1.165, 1.54) is 11.3 Å². The molecular formula is C10H9NO2S. The number of hydrogen-bond acceptors (Lipinski definition) is 3. The lowest BCUT2D eigenvalue weighted by Gasteiger charge is -1.94. The maximum absolute atomic E-state index is 10.9. The summed E-state index contributed by atoms with van der Waals surface area (Å²) in [6.45, 7) is 1.97. The van der Waals surface area contributed by atoms with Gasteiger partial charge in [-0.25, -0.2) is 4.79 Å². The van der Waals surface area contributed by atoms with Crippen LogP contribution in [0.2, 0.25) is 0 Å². The number of carboxylic acids is 1. The van der Waals surface area contributed by atoms with Crippen molar-refractivity contribution in [3.63, 3.8) is 0 Å². The largest absolute Gasteiger partial charge is 0.478 e. The third-order valence-electron chi connectivity index (χ3n) is 2.09. The van der Waals surface area contributed by atoms with Gasteiger partial charge in [-0.05, 0) is 18.6 Å². The molecule has 1 aromatic carbocycles. The number of aromatic carboxylic acids is 1. The Kier molecular flexibility index (Phi) is 1.93. The number of rotatable bonds is 1. The van der Waals surface area contributed by atoms with Crippen LogP contribution in [0.4, 0.5) is 5.00 Å². The van der Waals surface area contributed by atoms with Gasteiger partial charge in [-0.2, -0.15) is 0 Å². The molecule has 72 valence electrons. The average molecular weight is 207 g/mol. The van der Waals surface area contributed by atoms with Crippen LogP contribution in [-0.2, 0) is 0 Å². The molecule has 0 radical (unpaired) electrons. The van der Waals surface area contributed by atoms with Gasteiger partial charge in [-0.15, -0.1) is 11.3 Å². The fourth-order valence-corrected chi connectivity index (χ4v) is 2.50. The van der Waals surface area contributed by atoms with Gasteiger partial charge in [0.15, 0.2) is 0 Å². The first-order chi connectivity index (χ1) is 6.59. The molecule has 0 aliphatic rings. The SMILES string of the molecule is Cc1ccc2c(C(=O)O)c(N)sc2c1. The number of thiophene rings is 1. The number of aryl methyl sites for hydroxylation is 1. The maximum Gasteiger partial charge on any atom is 0.339 e. The molecule has 0 unspecified atom stereocenters. The number of benzene rings is 1. The summed E-state index contributed by atoms with van der Waals surface area (Å²) < 4.78 is 0.930. The standard InChI is InChI=1S/C10H9NO2S/c1-5-2-3-6-7(4-5)14-9(11)8(6)10(12)13/h2-4H,11H2,1H3,(H,12,13). The molecule has 0 atom stereocenters. The van der Waals surface area contributed by atoms with Gasteiger partial charge in [0, 0.05) is 10.1 Å². The normalized spacial score (nSPS) is 10.6. The first kappa shape index (κ1) is 9.02. The van der Waals surface area contributed by atoms with Gasteiger partial charge in [0.2, 0.25) is 0 Å². The highest BCUT2D eigenvalue weighted by atomic mass is 32.1. The molecule has 2 rings (SSSR count). The molecule has 14 heavy (non-hydrogen) atoms. The molecule has 0 bridgehead atoms. The number of carbonyl (C=O) groups is 1. The summed E-state index contributed by atoms with van der Waals surface area (Å²) in [6.07, 6.45) is 0. The van der Waals surface area contributed by atoms with Crippen molar-refractivity contribution < 1.29 is 9.90 Å². The van der Waals surface area contributed by atoms with Gasteiger partial charge >= 0.3 is 5.97 Å². The van der Waals surface area contributed by atoms with E-state index in [0.717, 1.165) is 15.6 Å². The summed E-state index contributed by atoms with van der Waals surface area (Å²) in [5.74, 6) is -0.961. The first-order valence-corrected chi connectivity index (χ1v) is 4.93. The Balaban J connectivity index is 2.84. The van der Waals surface area contributed by atoms with Crippen molar-refractivity contribution >= 4 is 32.4 Å². The Hall–Kier alpha value is -1.55. The number of carboxylic acid groups (broad SMARTS) is 1. The third kappa shape index (κ3) is 1.24. The highest BCUT2D eigenvalue weighted by molar-refractivity contribution is 7.23. The van der Waals surface area contributed by atoms with Crippen LogP contribution in [0.1, 0.15) is 15.9 Å². The van der Waals surface area contributed by atoms with Crippen molar-refractivity contribution in [2.24, 2.45) is 0 Å². The Morgan fingerprint density at radius 1 is 1.50 bits per heavy atom. The molecule has 0 saturated carbocycles. The smallest absolute Gasteiger partial charge is 0.339 e. The van der Waals surface area contributed by atoms with E-state index in [2.05, 4.69) is 0 Å². The number of nitrogens with two attached hydrogens (primary N) is 1. The zero-order chi connectivity index (χ0) is 10.3. The summed E-state index contributed by atoms with van der Waals surface area (Å²) in [5, 5.41) is 10.0. The van der Waals surface area contributed by atoms with E-state index >= 15 is 0 Å². The lowest BCUT2D eigenvalue weighted by molar-refractivity contribution is 0.0700. The van der Waals surface area contributed by atoms with Crippen molar-refractivity contribution in [3.05, 3.63) is 29.3 Å². The van der Waals surface area contributed by atoms with Crippen LogP contribution in [0.25, 0.3) is 10.1 Å². The second-order valence-corrected chi connectivity index (χ2v) is 4.23. The van der Waals surface area contributed by atoms with Crippen molar-refractivity contribution in [1.82, 2.24) is 0 Å². The lowest BCUT2D eigenvalue weighted by atomic mass is 10.1. The molecule has 2 aromatic rings. The molecule has 1 heterocycles. The molecule has 0 saturated heterocycles. The summed E-state index contributed by atoms with van der Waals surface area (Å²) in [5.41, 5.74) is 6.98. The van der Waals surface area contributed by atoms with E-state index in [0.29, 0.717) is 5.00 Å². The zero-order valence-corrected chi connectivity index (χ0v) is 8.39. The molecule has 0 spiro atoms. The van der Waals surface area contributed by atoms with Gasteiger partial charge in [-0.3, -0.25) is 0 Å². The minimum atomic E-state index is -0.961. The predicted octanol–water partition coefficient (Wildman–Crippen LogP) is 2.49. The van der Waals surface area contributed by atoms with Crippen molar-refractivity contribution in [3.8, 4) is 0 Å². The molecule has 1 aromatic heterocycles. The fourth-order valence-electron chi connectivity index (χ4n) is 1.44. The third-order valence-corrected chi connectivity index (χ3v) is 3.07. The summed E-state index contributed by atoms with van der Waals surface area (Å²) in [7, 11) is 0. The van der Waals surface area contributed by atoms with E-state index in [4.69, 9.17) is 10.8 Å². The van der Waals surface area contributed by atoms with Crippen LogP contribution < -0.4 is 5.73 Å².